The number of hydrogen-bond donors (Lipinski definition) is 2. The van der Waals surface area contributed by atoms with Crippen molar-refractivity contribution in [3.63, 3.8) is 0 Å². The summed E-state index contributed by atoms with van der Waals surface area (Å²) in [5.41, 5.74) is -2.96. The van der Waals surface area contributed by atoms with E-state index >= 15 is 0 Å². The highest BCUT2D eigenvalue weighted by Crippen LogP contribution is 2.58. The number of H-pyrrole nitrogens is 1. The van der Waals surface area contributed by atoms with Gasteiger partial charge in [-0.1, -0.05) is 22.6 Å². The molecule has 1 unspecified atom stereocenters. The lowest BCUT2D eigenvalue weighted by Gasteiger charge is -2.33. The summed E-state index contributed by atoms with van der Waals surface area (Å²) in [5, 5.41) is 10.1. The summed E-state index contributed by atoms with van der Waals surface area (Å²) in [7, 11) is 0. The van der Waals surface area contributed by atoms with Gasteiger partial charge >= 0.3 is 5.69 Å². The Morgan fingerprint density at radius 3 is 2.68 bits per heavy atom. The summed E-state index contributed by atoms with van der Waals surface area (Å²) in [6.45, 7) is 1.61. The standard InChI is InChI=1S/C16H21IN2O6/c1-14-11(23-16(25-14)5-2-3-6-16)15(8-17,9-20)24-12(14)19-7-4-10(21)18-13(19)22/h4,7,11-12,20H,2-3,5-6,8-9H2,1H3,(H,18,21,22)/t11-,12?,14+,15+/m0/s1. The van der Waals surface area contributed by atoms with Gasteiger partial charge in [0.15, 0.2) is 12.0 Å². The second-order valence-electron chi connectivity index (χ2n) is 7.25. The van der Waals surface area contributed by atoms with Crippen molar-refractivity contribution < 1.29 is 19.3 Å². The quantitative estimate of drug-likeness (QED) is 0.504. The molecule has 3 fully saturated rings. The molecule has 4 atom stereocenters. The molecular weight excluding hydrogens is 443 g/mol. The van der Waals surface area contributed by atoms with Crippen LogP contribution in [0.4, 0.5) is 0 Å². The summed E-state index contributed by atoms with van der Waals surface area (Å²) < 4.78 is 20.7. The number of aliphatic hydroxyl groups excluding tert-OH is 1. The molecule has 4 rings (SSSR count). The van der Waals surface area contributed by atoms with Crippen molar-refractivity contribution in [1.29, 1.82) is 0 Å². The summed E-state index contributed by atoms with van der Waals surface area (Å²) in [6, 6.07) is 1.27. The maximum Gasteiger partial charge on any atom is 0.330 e. The Labute approximate surface area is 157 Å². The number of aliphatic hydroxyl groups is 1. The van der Waals surface area contributed by atoms with Crippen LogP contribution >= 0.6 is 22.6 Å². The predicted molar refractivity (Wildman–Crippen MR) is 95.7 cm³/mol. The van der Waals surface area contributed by atoms with E-state index < -0.39 is 40.6 Å². The van der Waals surface area contributed by atoms with Crippen molar-refractivity contribution in [3.05, 3.63) is 33.1 Å². The van der Waals surface area contributed by atoms with Gasteiger partial charge in [0.2, 0.25) is 0 Å². The number of alkyl halides is 1. The Morgan fingerprint density at radius 1 is 1.36 bits per heavy atom. The molecule has 1 aliphatic carbocycles. The number of halogens is 1. The fraction of sp³-hybridized carbons (Fsp3) is 0.750. The van der Waals surface area contributed by atoms with Crippen molar-refractivity contribution in [2.75, 3.05) is 11.0 Å². The van der Waals surface area contributed by atoms with Crippen LogP contribution in [0.3, 0.4) is 0 Å². The van der Waals surface area contributed by atoms with E-state index in [-0.39, 0.29) is 6.61 Å². The average Bonchev–Trinajstić information content (AvgIpc) is 3.21. The zero-order valence-corrected chi connectivity index (χ0v) is 16.0. The third-order valence-corrected chi connectivity index (χ3v) is 6.83. The fourth-order valence-corrected chi connectivity index (χ4v) is 5.18. The molecule has 3 aliphatic rings. The average molecular weight is 464 g/mol. The highest BCUT2D eigenvalue weighted by molar-refractivity contribution is 14.1. The normalized spacial score (nSPS) is 39.2. The highest BCUT2D eigenvalue weighted by Gasteiger charge is 2.71. The van der Waals surface area contributed by atoms with E-state index in [2.05, 4.69) is 27.6 Å². The van der Waals surface area contributed by atoms with Gasteiger partial charge in [-0.25, -0.2) is 4.79 Å². The number of rotatable bonds is 3. The number of hydrogen-bond acceptors (Lipinski definition) is 6. The van der Waals surface area contributed by atoms with Crippen LogP contribution in [0.25, 0.3) is 0 Å². The Morgan fingerprint density at radius 2 is 2.08 bits per heavy atom. The molecule has 3 heterocycles. The third kappa shape index (κ3) is 2.47. The van der Waals surface area contributed by atoms with Crippen LogP contribution in [0, 0.1) is 0 Å². The monoisotopic (exact) mass is 464 g/mol. The third-order valence-electron chi connectivity index (χ3n) is 5.54. The Bertz CT molecular complexity index is 781. The van der Waals surface area contributed by atoms with Gasteiger partial charge in [0.05, 0.1) is 6.61 Å². The van der Waals surface area contributed by atoms with Crippen molar-refractivity contribution in [1.82, 2.24) is 9.55 Å². The number of aromatic nitrogens is 2. The van der Waals surface area contributed by atoms with E-state index in [0.29, 0.717) is 4.43 Å². The molecule has 138 valence electrons. The first kappa shape index (κ1) is 17.7. The largest absolute Gasteiger partial charge is 0.393 e. The van der Waals surface area contributed by atoms with Crippen molar-refractivity contribution in [2.45, 2.75) is 61.9 Å². The topological polar surface area (TPSA) is 103 Å². The van der Waals surface area contributed by atoms with Gasteiger partial charge in [0.1, 0.15) is 17.3 Å². The van der Waals surface area contributed by atoms with Crippen LogP contribution < -0.4 is 11.2 Å². The molecule has 8 nitrogen and oxygen atoms in total. The van der Waals surface area contributed by atoms with Gasteiger partial charge in [-0.2, -0.15) is 0 Å². The van der Waals surface area contributed by atoms with Gasteiger partial charge < -0.3 is 19.3 Å². The molecule has 25 heavy (non-hydrogen) atoms. The van der Waals surface area contributed by atoms with Gasteiger partial charge in [-0.15, -0.1) is 0 Å². The molecular formula is C16H21IN2O6. The number of fused-ring (bicyclic) bond motifs is 1. The molecule has 1 spiro atoms. The van der Waals surface area contributed by atoms with Crippen molar-refractivity contribution in [3.8, 4) is 0 Å². The number of ether oxygens (including phenoxy) is 3. The minimum absolute atomic E-state index is 0.246. The van der Waals surface area contributed by atoms with Gasteiger partial charge in [0.25, 0.3) is 5.56 Å². The van der Waals surface area contributed by atoms with E-state index in [0.717, 1.165) is 25.7 Å². The van der Waals surface area contributed by atoms with E-state index in [1.165, 1.54) is 16.8 Å². The number of aromatic amines is 1. The predicted octanol–water partition coefficient (Wildman–Crippen LogP) is 0.676. The molecule has 2 saturated heterocycles. The van der Waals surface area contributed by atoms with E-state index in [1.54, 1.807) is 0 Å². The van der Waals surface area contributed by atoms with E-state index in [1.807, 2.05) is 6.92 Å². The van der Waals surface area contributed by atoms with E-state index in [9.17, 15) is 14.7 Å². The Balaban J connectivity index is 1.82. The summed E-state index contributed by atoms with van der Waals surface area (Å²) in [6.07, 6.45) is 3.70. The fourth-order valence-electron chi connectivity index (χ4n) is 4.36. The number of nitrogens with zero attached hydrogens (tertiary/aromatic N) is 1. The summed E-state index contributed by atoms with van der Waals surface area (Å²) in [5.74, 6) is -0.681. The molecule has 9 heteroatoms. The molecule has 1 saturated carbocycles. The minimum atomic E-state index is -0.971. The summed E-state index contributed by atoms with van der Waals surface area (Å²) >= 11 is 2.15. The zero-order valence-electron chi connectivity index (χ0n) is 13.9. The van der Waals surface area contributed by atoms with Crippen LogP contribution in [-0.4, -0.2) is 48.8 Å². The maximum atomic E-state index is 12.3. The van der Waals surface area contributed by atoms with Crippen LogP contribution in [0.5, 0.6) is 0 Å². The smallest absolute Gasteiger partial charge is 0.330 e. The lowest BCUT2D eigenvalue weighted by atomic mass is 9.89. The molecule has 0 amide bonds. The van der Waals surface area contributed by atoms with Crippen LogP contribution in [0.2, 0.25) is 0 Å². The first-order valence-electron chi connectivity index (χ1n) is 8.42. The van der Waals surface area contributed by atoms with Crippen LogP contribution in [0.1, 0.15) is 38.8 Å². The molecule has 2 aliphatic heterocycles. The van der Waals surface area contributed by atoms with Crippen molar-refractivity contribution in [2.24, 2.45) is 0 Å². The van der Waals surface area contributed by atoms with Gasteiger partial charge in [0, 0.05) is 29.5 Å². The Hall–Kier alpha value is -0.750. The van der Waals surface area contributed by atoms with E-state index in [4.69, 9.17) is 14.2 Å². The minimum Gasteiger partial charge on any atom is -0.393 e. The van der Waals surface area contributed by atoms with Crippen LogP contribution in [-0.2, 0) is 14.2 Å². The first-order chi connectivity index (χ1) is 11.9. The molecule has 1 aromatic heterocycles. The number of nitrogens with one attached hydrogen (secondary N) is 1. The molecule has 2 N–H and O–H groups in total. The zero-order chi connectivity index (χ0) is 17.9. The second kappa shape index (κ2) is 5.88. The Kier molecular flexibility index (Phi) is 4.15. The lowest BCUT2D eigenvalue weighted by molar-refractivity contribution is -0.247. The highest BCUT2D eigenvalue weighted by atomic mass is 127. The summed E-state index contributed by atoms with van der Waals surface area (Å²) in [4.78, 5) is 26.0. The molecule has 1 aromatic rings. The second-order valence-corrected chi connectivity index (χ2v) is 8.01. The molecule has 0 aromatic carbocycles. The maximum absolute atomic E-state index is 12.3. The van der Waals surface area contributed by atoms with Gasteiger partial charge in [-0.3, -0.25) is 14.3 Å². The van der Waals surface area contributed by atoms with Crippen LogP contribution in [0.15, 0.2) is 21.9 Å². The molecule has 0 radical (unpaired) electrons. The SMILES string of the molecule is C[C@@]12OC3(CCCC3)O[C@@H]1[C@](CO)(CI)OC2n1ccc(=O)[nH]c1=O. The van der Waals surface area contributed by atoms with Gasteiger partial charge in [-0.05, 0) is 19.8 Å². The first-order valence-corrected chi connectivity index (χ1v) is 9.95. The van der Waals surface area contributed by atoms with Crippen molar-refractivity contribution >= 4 is 22.6 Å². The lowest BCUT2D eigenvalue weighted by Crippen LogP contribution is -2.51. The molecule has 0 bridgehead atoms.